The minimum Gasteiger partial charge on any atom is -0.374 e. The Kier molecular flexibility index (Phi) is 21.1. The molecule has 12 heteroatoms. The van der Waals surface area contributed by atoms with E-state index in [2.05, 4.69) is 11.7 Å². The highest BCUT2D eigenvalue weighted by atomic mass is 33.7. The Labute approximate surface area is 202 Å². The lowest BCUT2D eigenvalue weighted by Crippen LogP contribution is -2.46. The van der Waals surface area contributed by atoms with E-state index in [1.165, 1.54) is 0 Å². The standard InChI is InChI=1S/C18H44O6S4Si2/c1-7-19-29(20-8-2,21-9-3)17-13-15-28(27-26-25)16-14-18-30(22-10-4,23-11-5)24-12-6/h25,28H,7-18H2,1-6H3. The molecule has 0 N–H and O–H groups in total. The van der Waals surface area contributed by atoms with Gasteiger partial charge in [-0.25, -0.2) is 0 Å². The maximum Gasteiger partial charge on any atom is 0.500 e. The average molecular weight is 541 g/mol. The number of thiol groups is 2. The Hall–Kier alpha value is 1.59. The first-order valence-corrected chi connectivity index (χ1v) is 20.5. The van der Waals surface area contributed by atoms with Gasteiger partial charge in [-0.3, -0.25) is 0 Å². The summed E-state index contributed by atoms with van der Waals surface area (Å²) in [7, 11) is -1.87. The minimum atomic E-state index is -2.56. The van der Waals surface area contributed by atoms with Crippen molar-refractivity contribution < 1.29 is 26.6 Å². The van der Waals surface area contributed by atoms with Gasteiger partial charge in [0.1, 0.15) is 0 Å². The monoisotopic (exact) mass is 540 g/mol. The quantitative estimate of drug-likeness (QED) is 0.0984. The van der Waals surface area contributed by atoms with Crippen molar-refractivity contribution in [1.82, 2.24) is 0 Å². The Morgan fingerprint density at radius 2 is 0.900 bits per heavy atom. The highest BCUT2D eigenvalue weighted by molar-refractivity contribution is 9.26. The van der Waals surface area contributed by atoms with E-state index in [9.17, 15) is 0 Å². The van der Waals surface area contributed by atoms with E-state index >= 15 is 0 Å². The zero-order chi connectivity index (χ0) is 22.7. The third-order valence-electron chi connectivity index (χ3n) is 4.11. The molecule has 0 aromatic heterocycles. The largest absolute Gasteiger partial charge is 0.500 e. The molecule has 0 spiro atoms. The van der Waals surface area contributed by atoms with Crippen molar-refractivity contribution in [3.8, 4) is 0 Å². The topological polar surface area (TPSA) is 55.4 Å². The summed E-state index contributed by atoms with van der Waals surface area (Å²) in [5.74, 6) is 2.28. The molecular formula is C18H44O6S4Si2. The smallest absolute Gasteiger partial charge is 0.374 e. The molecule has 0 bridgehead atoms. The molecule has 0 atom stereocenters. The van der Waals surface area contributed by atoms with Gasteiger partial charge in [0.2, 0.25) is 0 Å². The van der Waals surface area contributed by atoms with Gasteiger partial charge in [-0.05, 0) is 85.5 Å². The lowest BCUT2D eigenvalue weighted by molar-refractivity contribution is 0.0705. The molecule has 0 aliphatic heterocycles. The second-order valence-electron chi connectivity index (χ2n) is 6.25. The summed E-state index contributed by atoms with van der Waals surface area (Å²) in [6.07, 6.45) is 2.09. The molecule has 0 rings (SSSR count). The Morgan fingerprint density at radius 1 is 0.600 bits per heavy atom. The highest BCUT2D eigenvalue weighted by Gasteiger charge is 2.41. The molecule has 0 aliphatic rings. The van der Waals surface area contributed by atoms with E-state index in [1.807, 2.05) is 51.4 Å². The van der Waals surface area contributed by atoms with Crippen molar-refractivity contribution in [2.24, 2.45) is 0 Å². The third kappa shape index (κ3) is 13.3. The van der Waals surface area contributed by atoms with Gasteiger partial charge in [-0.2, -0.15) is 9.93 Å². The molecule has 30 heavy (non-hydrogen) atoms. The van der Waals surface area contributed by atoms with Crippen LogP contribution >= 0.6 is 41.2 Å². The van der Waals surface area contributed by atoms with E-state index in [0.717, 1.165) is 36.4 Å². The first kappa shape index (κ1) is 31.6. The summed E-state index contributed by atoms with van der Waals surface area (Å²) in [6, 6.07) is 1.74. The van der Waals surface area contributed by atoms with Crippen LogP contribution in [0.2, 0.25) is 12.1 Å². The summed E-state index contributed by atoms with van der Waals surface area (Å²) in [5.41, 5.74) is 0. The maximum absolute atomic E-state index is 5.99. The summed E-state index contributed by atoms with van der Waals surface area (Å²) in [6.45, 7) is 15.8. The maximum atomic E-state index is 5.99. The molecule has 0 heterocycles. The van der Waals surface area contributed by atoms with Crippen LogP contribution in [0.3, 0.4) is 0 Å². The SMILES string of the molecule is CCO[Si](CCC[SH](CCC[Si](OCC)(OCC)OCC)SSS)(OCC)OCC. The van der Waals surface area contributed by atoms with Gasteiger partial charge < -0.3 is 26.6 Å². The number of rotatable bonds is 22. The van der Waals surface area contributed by atoms with Crippen molar-refractivity contribution in [1.29, 1.82) is 0 Å². The second-order valence-corrected chi connectivity index (χ2v) is 19.0. The zero-order valence-corrected chi connectivity index (χ0v) is 25.1. The van der Waals surface area contributed by atoms with E-state index in [1.54, 1.807) is 9.83 Å². The van der Waals surface area contributed by atoms with Gasteiger partial charge in [0.05, 0.1) is 0 Å². The van der Waals surface area contributed by atoms with E-state index in [0.29, 0.717) is 39.6 Å². The van der Waals surface area contributed by atoms with Crippen molar-refractivity contribution in [2.75, 3.05) is 51.1 Å². The lowest BCUT2D eigenvalue weighted by Gasteiger charge is -2.30. The summed E-state index contributed by atoms with van der Waals surface area (Å²) < 4.78 is 35.9. The van der Waals surface area contributed by atoms with Crippen LogP contribution in [0, 0.1) is 0 Å². The Bertz CT molecular complexity index is 336. The normalized spacial score (nSPS) is 13.1. The van der Waals surface area contributed by atoms with Crippen LogP contribution in [0.4, 0.5) is 0 Å². The second kappa shape index (κ2) is 20.0. The molecular weight excluding hydrogens is 497 g/mol. The van der Waals surface area contributed by atoms with Crippen molar-refractivity contribution in [3.63, 3.8) is 0 Å². The highest BCUT2D eigenvalue weighted by Crippen LogP contribution is 2.51. The molecule has 0 unspecified atom stereocenters. The lowest BCUT2D eigenvalue weighted by atomic mass is 10.6. The predicted octanol–water partition coefficient (Wildman–Crippen LogP) is 6.01. The molecule has 6 nitrogen and oxygen atoms in total. The van der Waals surface area contributed by atoms with E-state index in [-0.39, 0.29) is 9.93 Å². The van der Waals surface area contributed by atoms with Crippen LogP contribution in [0.25, 0.3) is 0 Å². The Morgan fingerprint density at radius 3 is 1.13 bits per heavy atom. The summed E-state index contributed by atoms with van der Waals surface area (Å²) >= 11 is 4.38. The first-order chi connectivity index (χ1) is 14.5. The molecule has 184 valence electrons. The van der Waals surface area contributed by atoms with Crippen LogP contribution in [0.1, 0.15) is 54.4 Å². The van der Waals surface area contributed by atoms with Gasteiger partial charge >= 0.3 is 17.6 Å². The fourth-order valence-electron chi connectivity index (χ4n) is 3.18. The molecule has 0 radical (unpaired) electrons. The average Bonchev–Trinajstić information content (AvgIpc) is 2.69. The van der Waals surface area contributed by atoms with Crippen LogP contribution in [-0.2, 0) is 26.6 Å². The fraction of sp³-hybridized carbons (Fsp3) is 1.00. The van der Waals surface area contributed by atoms with Crippen LogP contribution in [0.5, 0.6) is 0 Å². The van der Waals surface area contributed by atoms with Crippen LogP contribution in [0.15, 0.2) is 0 Å². The van der Waals surface area contributed by atoms with Crippen LogP contribution < -0.4 is 0 Å². The van der Waals surface area contributed by atoms with Crippen molar-refractivity contribution in [3.05, 3.63) is 0 Å². The minimum absolute atomic E-state index is 0.208. The molecule has 0 amide bonds. The molecule has 0 saturated heterocycles. The van der Waals surface area contributed by atoms with Gasteiger partial charge in [0, 0.05) is 51.7 Å². The van der Waals surface area contributed by atoms with Gasteiger partial charge in [0.25, 0.3) is 0 Å². The third-order valence-corrected chi connectivity index (χ3v) is 18.5. The van der Waals surface area contributed by atoms with Crippen molar-refractivity contribution in [2.45, 2.75) is 66.5 Å². The summed E-state index contributed by atoms with van der Waals surface area (Å²) in [5, 5.41) is 0. The van der Waals surface area contributed by atoms with E-state index < -0.39 is 17.6 Å². The van der Waals surface area contributed by atoms with Gasteiger partial charge in [0.15, 0.2) is 0 Å². The van der Waals surface area contributed by atoms with Crippen molar-refractivity contribution >= 4 is 58.8 Å². The molecule has 0 saturated carbocycles. The molecule has 0 aromatic rings. The first-order valence-electron chi connectivity index (χ1n) is 11.1. The zero-order valence-electron chi connectivity index (χ0n) is 19.6. The molecule has 0 aromatic carbocycles. The summed E-state index contributed by atoms with van der Waals surface area (Å²) in [4.78, 5) is 0. The van der Waals surface area contributed by atoms with Gasteiger partial charge in [-0.15, -0.1) is 0 Å². The Balaban J connectivity index is 4.77. The predicted molar refractivity (Wildman–Crippen MR) is 143 cm³/mol. The molecule has 0 fully saturated rings. The van der Waals surface area contributed by atoms with Gasteiger partial charge in [-0.1, -0.05) is 11.7 Å². The van der Waals surface area contributed by atoms with Crippen LogP contribution in [-0.4, -0.2) is 68.8 Å². The molecule has 0 aliphatic carbocycles. The van der Waals surface area contributed by atoms with E-state index in [4.69, 9.17) is 26.6 Å². The number of hydrogen-bond donors (Lipinski definition) is 2. The fourth-order valence-corrected chi connectivity index (χ4v) is 16.7. The number of hydrogen-bond acceptors (Lipinski definition) is 9.